The van der Waals surface area contributed by atoms with Gasteiger partial charge in [-0.05, 0) is 45.4 Å². The summed E-state index contributed by atoms with van der Waals surface area (Å²) >= 11 is 0. The number of rotatable bonds is 6. The zero-order valence-corrected chi connectivity index (χ0v) is 11.3. The van der Waals surface area contributed by atoms with Crippen molar-refractivity contribution in [3.8, 4) is 5.75 Å². The van der Waals surface area contributed by atoms with Crippen molar-refractivity contribution < 1.29 is 4.74 Å². The Morgan fingerprint density at radius 1 is 1.24 bits per heavy atom. The fourth-order valence-corrected chi connectivity index (χ4v) is 1.45. The Balaban J connectivity index is 2.38. The van der Waals surface area contributed by atoms with Gasteiger partial charge in [-0.15, -0.1) is 0 Å². The second kappa shape index (κ2) is 7.13. The Morgan fingerprint density at radius 2 is 1.88 bits per heavy atom. The average Bonchev–Trinajstić information content (AvgIpc) is 2.25. The van der Waals surface area contributed by atoms with Gasteiger partial charge in [0.05, 0.1) is 6.10 Å². The molecule has 0 aliphatic heterocycles. The highest BCUT2D eigenvalue weighted by Crippen LogP contribution is 2.13. The topological polar surface area (TPSA) is 21.3 Å². The number of hydrogen-bond acceptors (Lipinski definition) is 2. The van der Waals surface area contributed by atoms with Gasteiger partial charge in [0.15, 0.2) is 0 Å². The first-order chi connectivity index (χ1) is 8.08. The molecule has 0 aromatic heterocycles. The molecule has 0 aliphatic carbocycles. The zero-order valence-electron chi connectivity index (χ0n) is 11.3. The lowest BCUT2D eigenvalue weighted by Gasteiger charge is -2.10. The maximum Gasteiger partial charge on any atom is 0.119 e. The smallest absolute Gasteiger partial charge is 0.119 e. The lowest BCUT2D eigenvalue weighted by atomic mass is 10.2. The van der Waals surface area contributed by atoms with Gasteiger partial charge >= 0.3 is 0 Å². The largest absolute Gasteiger partial charge is 0.491 e. The van der Waals surface area contributed by atoms with Crippen molar-refractivity contribution in [1.82, 2.24) is 5.32 Å². The summed E-state index contributed by atoms with van der Waals surface area (Å²) in [5.74, 6) is 0.938. The van der Waals surface area contributed by atoms with Gasteiger partial charge in [-0.1, -0.05) is 23.8 Å². The van der Waals surface area contributed by atoms with Crippen LogP contribution < -0.4 is 10.1 Å². The summed E-state index contributed by atoms with van der Waals surface area (Å²) in [6.07, 6.45) is 2.42. The molecule has 0 spiro atoms. The minimum absolute atomic E-state index is 0.233. The van der Waals surface area contributed by atoms with Crippen LogP contribution in [0.5, 0.6) is 5.75 Å². The van der Waals surface area contributed by atoms with Crippen molar-refractivity contribution in [2.75, 3.05) is 6.54 Å². The predicted octanol–water partition coefficient (Wildman–Crippen LogP) is 3.53. The summed E-state index contributed by atoms with van der Waals surface area (Å²) in [5.41, 5.74) is 2.63. The second-order valence-electron chi connectivity index (χ2n) is 4.72. The summed E-state index contributed by atoms with van der Waals surface area (Å²) in [5, 5.41) is 3.38. The van der Waals surface area contributed by atoms with Crippen LogP contribution in [-0.4, -0.2) is 12.6 Å². The molecule has 0 heterocycles. The van der Waals surface area contributed by atoms with E-state index in [4.69, 9.17) is 4.74 Å². The molecule has 0 fully saturated rings. The zero-order chi connectivity index (χ0) is 12.7. The van der Waals surface area contributed by atoms with Gasteiger partial charge in [-0.3, -0.25) is 0 Å². The Morgan fingerprint density at radius 3 is 2.41 bits per heavy atom. The van der Waals surface area contributed by atoms with Gasteiger partial charge in [-0.25, -0.2) is 0 Å². The first-order valence-electron chi connectivity index (χ1n) is 6.17. The van der Waals surface area contributed by atoms with Crippen LogP contribution in [0, 0.1) is 0 Å². The van der Waals surface area contributed by atoms with Crippen LogP contribution in [0.15, 0.2) is 35.9 Å². The molecule has 2 nitrogen and oxygen atoms in total. The van der Waals surface area contributed by atoms with E-state index in [2.05, 4.69) is 37.4 Å². The standard InChI is InChI=1S/C15H23NO/c1-12(2)9-10-16-11-14-5-7-15(8-6-14)17-13(3)4/h5-9,13,16H,10-11H2,1-4H3. The quantitative estimate of drug-likeness (QED) is 0.599. The van der Waals surface area contributed by atoms with E-state index in [0.29, 0.717) is 0 Å². The highest BCUT2D eigenvalue weighted by molar-refractivity contribution is 5.27. The number of allylic oxidation sites excluding steroid dienone is 1. The van der Waals surface area contributed by atoms with Gasteiger partial charge in [-0.2, -0.15) is 0 Å². The van der Waals surface area contributed by atoms with Gasteiger partial charge in [0.1, 0.15) is 5.75 Å². The molecular formula is C15H23NO. The first-order valence-corrected chi connectivity index (χ1v) is 6.17. The van der Waals surface area contributed by atoms with E-state index in [1.165, 1.54) is 11.1 Å². The van der Waals surface area contributed by atoms with Crippen LogP contribution in [0.1, 0.15) is 33.3 Å². The molecule has 94 valence electrons. The van der Waals surface area contributed by atoms with Crippen molar-refractivity contribution in [1.29, 1.82) is 0 Å². The summed E-state index contributed by atoms with van der Waals surface area (Å²) in [6.45, 7) is 10.1. The molecule has 0 saturated heterocycles. The highest BCUT2D eigenvalue weighted by atomic mass is 16.5. The molecule has 1 aromatic carbocycles. The summed E-state index contributed by atoms with van der Waals surface area (Å²) in [6, 6.07) is 8.26. The molecule has 0 aliphatic rings. The van der Waals surface area contributed by atoms with E-state index >= 15 is 0 Å². The van der Waals surface area contributed by atoms with E-state index in [0.717, 1.165) is 18.8 Å². The fourth-order valence-electron chi connectivity index (χ4n) is 1.45. The Labute approximate surface area is 105 Å². The van der Waals surface area contributed by atoms with Crippen molar-refractivity contribution in [3.05, 3.63) is 41.5 Å². The average molecular weight is 233 g/mol. The van der Waals surface area contributed by atoms with Crippen LogP contribution in [0.4, 0.5) is 0 Å². The molecule has 0 amide bonds. The van der Waals surface area contributed by atoms with Crippen molar-refractivity contribution in [2.24, 2.45) is 0 Å². The second-order valence-corrected chi connectivity index (χ2v) is 4.72. The molecular weight excluding hydrogens is 210 g/mol. The Bertz CT molecular complexity index is 348. The van der Waals surface area contributed by atoms with Crippen LogP contribution in [-0.2, 0) is 6.54 Å². The summed E-state index contributed by atoms with van der Waals surface area (Å²) in [4.78, 5) is 0. The molecule has 1 aromatic rings. The maximum absolute atomic E-state index is 5.60. The van der Waals surface area contributed by atoms with Crippen LogP contribution in [0.2, 0.25) is 0 Å². The Kier molecular flexibility index (Phi) is 5.78. The molecule has 0 bridgehead atoms. The highest BCUT2D eigenvalue weighted by Gasteiger charge is 1.97. The lowest BCUT2D eigenvalue weighted by Crippen LogP contribution is -2.13. The third-order valence-electron chi connectivity index (χ3n) is 2.28. The van der Waals surface area contributed by atoms with Gasteiger partial charge in [0, 0.05) is 13.1 Å². The number of benzene rings is 1. The summed E-state index contributed by atoms with van der Waals surface area (Å²) < 4.78 is 5.60. The monoisotopic (exact) mass is 233 g/mol. The predicted molar refractivity (Wildman–Crippen MR) is 73.3 cm³/mol. The van der Waals surface area contributed by atoms with Crippen molar-refractivity contribution in [2.45, 2.75) is 40.3 Å². The van der Waals surface area contributed by atoms with E-state index in [1.807, 2.05) is 26.0 Å². The number of hydrogen-bond donors (Lipinski definition) is 1. The van der Waals surface area contributed by atoms with E-state index < -0.39 is 0 Å². The number of nitrogens with one attached hydrogen (secondary N) is 1. The molecule has 0 atom stereocenters. The van der Waals surface area contributed by atoms with Crippen molar-refractivity contribution >= 4 is 0 Å². The molecule has 2 heteroatoms. The van der Waals surface area contributed by atoms with Gasteiger partial charge < -0.3 is 10.1 Å². The molecule has 0 saturated carbocycles. The fraction of sp³-hybridized carbons (Fsp3) is 0.467. The van der Waals surface area contributed by atoms with E-state index in [9.17, 15) is 0 Å². The third kappa shape index (κ3) is 6.12. The SMILES string of the molecule is CC(C)=CCNCc1ccc(OC(C)C)cc1. The van der Waals surface area contributed by atoms with Crippen LogP contribution in [0.25, 0.3) is 0 Å². The van der Waals surface area contributed by atoms with E-state index in [-0.39, 0.29) is 6.10 Å². The first kappa shape index (κ1) is 13.8. The maximum atomic E-state index is 5.60. The van der Waals surface area contributed by atoms with Crippen LogP contribution in [0.3, 0.4) is 0 Å². The molecule has 0 radical (unpaired) electrons. The molecule has 17 heavy (non-hydrogen) atoms. The minimum Gasteiger partial charge on any atom is -0.491 e. The van der Waals surface area contributed by atoms with Crippen LogP contribution >= 0.6 is 0 Å². The molecule has 1 N–H and O–H groups in total. The number of ether oxygens (including phenoxy) is 1. The van der Waals surface area contributed by atoms with Crippen molar-refractivity contribution in [3.63, 3.8) is 0 Å². The lowest BCUT2D eigenvalue weighted by molar-refractivity contribution is 0.242. The van der Waals surface area contributed by atoms with E-state index in [1.54, 1.807) is 0 Å². The minimum atomic E-state index is 0.233. The van der Waals surface area contributed by atoms with Gasteiger partial charge in [0.25, 0.3) is 0 Å². The normalized spacial score (nSPS) is 10.4. The Hall–Kier alpha value is -1.28. The molecule has 0 unspecified atom stereocenters. The molecule has 1 rings (SSSR count). The van der Waals surface area contributed by atoms with Gasteiger partial charge in [0.2, 0.25) is 0 Å². The summed E-state index contributed by atoms with van der Waals surface area (Å²) in [7, 11) is 0. The third-order valence-corrected chi connectivity index (χ3v) is 2.28.